The van der Waals surface area contributed by atoms with Crippen LogP contribution in [0.3, 0.4) is 0 Å². The molecule has 1 fully saturated rings. The number of hydrogen-bond acceptors (Lipinski definition) is 2. The Morgan fingerprint density at radius 3 is 2.22 bits per heavy atom. The monoisotopic (exact) mass is 247 g/mol. The van der Waals surface area contributed by atoms with Crippen LogP contribution in [0.25, 0.3) is 0 Å². The average molecular weight is 247 g/mol. The fourth-order valence-electron chi connectivity index (χ4n) is 2.60. The highest BCUT2D eigenvalue weighted by Crippen LogP contribution is 2.29. The van der Waals surface area contributed by atoms with Crippen molar-refractivity contribution in [1.29, 1.82) is 0 Å². The molecule has 1 aromatic carbocycles. The summed E-state index contributed by atoms with van der Waals surface area (Å²) in [5.41, 5.74) is 1.34. The Kier molecular flexibility index (Phi) is 4.28. The number of ether oxygens (including phenoxy) is 1. The molecule has 18 heavy (non-hydrogen) atoms. The van der Waals surface area contributed by atoms with Crippen LogP contribution in [0.4, 0.5) is 0 Å². The van der Waals surface area contributed by atoms with Gasteiger partial charge in [0.1, 0.15) is 5.75 Å². The minimum absolute atomic E-state index is 0.239. The summed E-state index contributed by atoms with van der Waals surface area (Å²) in [6, 6.07) is 9.60. The van der Waals surface area contributed by atoms with Crippen LogP contribution >= 0.6 is 0 Å². The van der Waals surface area contributed by atoms with Gasteiger partial charge in [-0.25, -0.2) is 0 Å². The third-order valence-corrected chi connectivity index (χ3v) is 3.61. The van der Waals surface area contributed by atoms with Gasteiger partial charge in [0.15, 0.2) is 0 Å². The smallest absolute Gasteiger partial charge is 0.119 e. The Balaban J connectivity index is 1.88. The molecule has 0 saturated heterocycles. The van der Waals surface area contributed by atoms with Gasteiger partial charge in [-0.1, -0.05) is 19.1 Å². The first kappa shape index (κ1) is 13.4. The number of nitrogens with one attached hydrogen (secondary N) is 1. The summed E-state index contributed by atoms with van der Waals surface area (Å²) in [5, 5.41) is 3.68. The van der Waals surface area contributed by atoms with Crippen molar-refractivity contribution in [3.8, 4) is 5.75 Å². The number of hydrogen-bond donors (Lipinski definition) is 1. The zero-order valence-corrected chi connectivity index (χ0v) is 11.9. The van der Waals surface area contributed by atoms with Gasteiger partial charge in [-0.15, -0.1) is 0 Å². The third kappa shape index (κ3) is 3.49. The highest BCUT2D eigenvalue weighted by molar-refractivity contribution is 5.29. The van der Waals surface area contributed by atoms with E-state index in [1.54, 1.807) is 0 Å². The van der Waals surface area contributed by atoms with Crippen LogP contribution in [0.2, 0.25) is 0 Å². The molecule has 1 aromatic rings. The van der Waals surface area contributed by atoms with Crippen LogP contribution in [0, 0.1) is 5.92 Å². The quantitative estimate of drug-likeness (QED) is 0.851. The first-order valence-corrected chi connectivity index (χ1v) is 7.07. The molecule has 0 aromatic heterocycles. The highest BCUT2D eigenvalue weighted by Gasteiger charge is 2.26. The van der Waals surface area contributed by atoms with Crippen molar-refractivity contribution in [3.05, 3.63) is 29.8 Å². The molecule has 0 amide bonds. The first-order chi connectivity index (χ1) is 8.54. The van der Waals surface area contributed by atoms with E-state index in [1.807, 2.05) is 0 Å². The van der Waals surface area contributed by atoms with Crippen molar-refractivity contribution in [2.45, 2.75) is 58.7 Å². The lowest BCUT2D eigenvalue weighted by molar-refractivity contribution is 0.226. The molecule has 2 nitrogen and oxygen atoms in total. The van der Waals surface area contributed by atoms with Gasteiger partial charge in [0.25, 0.3) is 0 Å². The molecular weight excluding hydrogens is 222 g/mol. The second-order valence-corrected chi connectivity index (χ2v) is 5.90. The van der Waals surface area contributed by atoms with Gasteiger partial charge in [-0.3, -0.25) is 0 Å². The van der Waals surface area contributed by atoms with Crippen molar-refractivity contribution in [2.75, 3.05) is 0 Å². The van der Waals surface area contributed by atoms with Crippen molar-refractivity contribution < 1.29 is 4.74 Å². The summed E-state index contributed by atoms with van der Waals surface area (Å²) in [6.45, 7) is 8.66. The van der Waals surface area contributed by atoms with Gasteiger partial charge < -0.3 is 10.1 Å². The summed E-state index contributed by atoms with van der Waals surface area (Å²) in [7, 11) is 0. The Morgan fingerprint density at radius 2 is 1.72 bits per heavy atom. The summed E-state index contributed by atoms with van der Waals surface area (Å²) in [4.78, 5) is 0. The summed E-state index contributed by atoms with van der Waals surface area (Å²) in [6.07, 6.45) is 2.88. The first-order valence-electron chi connectivity index (χ1n) is 7.07. The van der Waals surface area contributed by atoms with Crippen LogP contribution < -0.4 is 10.1 Å². The molecule has 1 saturated carbocycles. The molecule has 0 spiro atoms. The highest BCUT2D eigenvalue weighted by atomic mass is 16.5. The zero-order valence-electron chi connectivity index (χ0n) is 11.9. The van der Waals surface area contributed by atoms with E-state index in [-0.39, 0.29) is 6.10 Å². The maximum Gasteiger partial charge on any atom is 0.119 e. The molecule has 0 bridgehead atoms. The van der Waals surface area contributed by atoms with E-state index >= 15 is 0 Å². The minimum Gasteiger partial charge on any atom is -0.491 e. The molecule has 0 aliphatic heterocycles. The molecule has 1 aliphatic rings. The number of benzene rings is 1. The summed E-state index contributed by atoms with van der Waals surface area (Å²) in [5.74, 6) is 1.86. The largest absolute Gasteiger partial charge is 0.491 e. The maximum absolute atomic E-state index is 5.66. The van der Waals surface area contributed by atoms with Crippen molar-refractivity contribution in [2.24, 2.45) is 5.92 Å². The van der Waals surface area contributed by atoms with Gasteiger partial charge >= 0.3 is 0 Å². The van der Waals surface area contributed by atoms with E-state index in [4.69, 9.17) is 4.74 Å². The van der Waals surface area contributed by atoms with Crippen LogP contribution in [0.5, 0.6) is 5.75 Å². The van der Waals surface area contributed by atoms with Crippen molar-refractivity contribution >= 4 is 0 Å². The zero-order chi connectivity index (χ0) is 13.1. The number of rotatable bonds is 5. The lowest BCUT2D eigenvalue weighted by atomic mass is 9.81. The molecular formula is C16H25NO. The van der Waals surface area contributed by atoms with Crippen LogP contribution in [0.15, 0.2) is 24.3 Å². The Bertz CT molecular complexity index is 365. The fourth-order valence-corrected chi connectivity index (χ4v) is 2.60. The van der Waals surface area contributed by atoms with Gasteiger partial charge in [0.2, 0.25) is 0 Å². The fraction of sp³-hybridized carbons (Fsp3) is 0.625. The summed E-state index contributed by atoms with van der Waals surface area (Å²) >= 11 is 0. The Hall–Kier alpha value is -1.02. The summed E-state index contributed by atoms with van der Waals surface area (Å²) < 4.78 is 5.66. The van der Waals surface area contributed by atoms with Crippen LogP contribution in [-0.4, -0.2) is 12.1 Å². The van der Waals surface area contributed by atoms with E-state index in [2.05, 4.69) is 57.3 Å². The molecule has 100 valence electrons. The Morgan fingerprint density at radius 1 is 1.11 bits per heavy atom. The molecule has 2 heteroatoms. The van der Waals surface area contributed by atoms with Crippen LogP contribution in [-0.2, 0) is 0 Å². The standard InChI is InChI=1S/C16H25NO/c1-11(2)18-16-7-5-14(6-8-16)13(4)17-15-9-12(3)10-15/h5-8,11-13,15,17H,9-10H2,1-4H3. The van der Waals surface area contributed by atoms with E-state index in [0.717, 1.165) is 11.7 Å². The van der Waals surface area contributed by atoms with Gasteiger partial charge in [-0.2, -0.15) is 0 Å². The average Bonchev–Trinajstić information content (AvgIpc) is 2.27. The van der Waals surface area contributed by atoms with Crippen LogP contribution in [0.1, 0.15) is 52.1 Å². The van der Waals surface area contributed by atoms with Gasteiger partial charge in [-0.05, 0) is 57.2 Å². The molecule has 2 rings (SSSR count). The van der Waals surface area contributed by atoms with E-state index < -0.39 is 0 Å². The maximum atomic E-state index is 5.66. The predicted octanol–water partition coefficient (Wildman–Crippen LogP) is 3.92. The van der Waals surface area contributed by atoms with Gasteiger partial charge in [0.05, 0.1) is 6.10 Å². The minimum atomic E-state index is 0.239. The molecule has 0 heterocycles. The van der Waals surface area contributed by atoms with Crippen molar-refractivity contribution in [3.63, 3.8) is 0 Å². The normalized spacial score (nSPS) is 24.7. The SMILES string of the molecule is CC1CC(NC(C)c2ccc(OC(C)C)cc2)C1. The molecule has 1 aliphatic carbocycles. The van der Waals surface area contributed by atoms with E-state index in [1.165, 1.54) is 18.4 Å². The van der Waals surface area contributed by atoms with E-state index in [0.29, 0.717) is 12.1 Å². The Labute approximate surface area is 111 Å². The van der Waals surface area contributed by atoms with Gasteiger partial charge in [0, 0.05) is 12.1 Å². The second kappa shape index (κ2) is 5.75. The lowest BCUT2D eigenvalue weighted by Gasteiger charge is -2.35. The lowest BCUT2D eigenvalue weighted by Crippen LogP contribution is -2.41. The van der Waals surface area contributed by atoms with Crippen molar-refractivity contribution in [1.82, 2.24) is 5.32 Å². The van der Waals surface area contributed by atoms with E-state index in [9.17, 15) is 0 Å². The predicted molar refractivity (Wildman–Crippen MR) is 75.9 cm³/mol. The topological polar surface area (TPSA) is 21.3 Å². The molecule has 1 unspecified atom stereocenters. The third-order valence-electron chi connectivity index (χ3n) is 3.61. The molecule has 0 radical (unpaired) electrons. The molecule has 1 atom stereocenters. The molecule has 1 N–H and O–H groups in total. The second-order valence-electron chi connectivity index (χ2n) is 5.90.